The number of aryl methyl sites for hydroxylation is 1. The molecule has 2 aliphatic heterocycles. The fraction of sp³-hybridized carbons (Fsp3) is 0.235. The van der Waals surface area contributed by atoms with Gasteiger partial charge in [-0.25, -0.2) is 0 Å². The first-order valence-electron chi connectivity index (χ1n) is 15.3. The van der Waals surface area contributed by atoms with Crippen LogP contribution in [0.15, 0.2) is 97.0 Å². The Bertz CT molecular complexity index is 1630. The maximum Gasteiger partial charge on any atom is 3.00 e. The second kappa shape index (κ2) is 10.9. The predicted octanol–water partition coefficient (Wildman–Crippen LogP) is 8.04. The third kappa shape index (κ3) is 4.96. The van der Waals surface area contributed by atoms with E-state index < -0.39 is 13.8 Å². The third-order valence-corrected chi connectivity index (χ3v) is 7.69. The molecule has 194 valence electrons. The zero-order valence-electron chi connectivity index (χ0n) is 27.9. The van der Waals surface area contributed by atoms with Crippen LogP contribution in [0.2, 0.25) is 0 Å². The molecule has 1 aromatic heterocycles. The van der Waals surface area contributed by atoms with Crippen molar-refractivity contribution in [2.24, 2.45) is 5.41 Å². The Morgan fingerprint density at radius 2 is 1.66 bits per heavy atom. The maximum absolute atomic E-state index is 7.82. The third-order valence-electron chi connectivity index (χ3n) is 7.69. The van der Waals surface area contributed by atoms with Crippen LogP contribution in [0.5, 0.6) is 0 Å². The molecule has 38 heavy (non-hydrogen) atoms. The summed E-state index contributed by atoms with van der Waals surface area (Å²) in [7, 11) is 0. The van der Waals surface area contributed by atoms with Crippen molar-refractivity contribution in [2.45, 2.75) is 40.0 Å². The van der Waals surface area contributed by atoms with Crippen molar-refractivity contribution in [3.05, 3.63) is 127 Å². The van der Waals surface area contributed by atoms with E-state index in [9.17, 15) is 0 Å². The van der Waals surface area contributed by atoms with E-state index in [1.54, 1.807) is 31.2 Å². The number of hydrogen-bond acceptors (Lipinski definition) is 3. The van der Waals surface area contributed by atoms with Gasteiger partial charge in [0.1, 0.15) is 0 Å². The van der Waals surface area contributed by atoms with E-state index in [4.69, 9.17) is 8.22 Å². The zero-order valence-corrected chi connectivity index (χ0v) is 24.3. The average molecular weight is 683 g/mol. The van der Waals surface area contributed by atoms with Crippen LogP contribution in [-0.4, -0.2) is 16.9 Å². The van der Waals surface area contributed by atoms with Crippen LogP contribution in [0, 0.1) is 31.1 Å². The van der Waals surface area contributed by atoms with Crippen molar-refractivity contribution >= 4 is 5.69 Å². The van der Waals surface area contributed by atoms with Gasteiger partial charge in [-0.3, -0.25) is 0 Å². The van der Waals surface area contributed by atoms with Gasteiger partial charge in [-0.15, -0.1) is 47.1 Å². The predicted molar refractivity (Wildman–Crippen MR) is 153 cm³/mol. The molecule has 4 aromatic rings. The number of anilines is 1. The summed E-state index contributed by atoms with van der Waals surface area (Å²) in [5, 5.41) is 0. The Kier molecular flexibility index (Phi) is 5.94. The second-order valence-corrected chi connectivity index (χ2v) is 10.3. The molecular formula is C34H34IrN3. The molecule has 3 nitrogen and oxygen atoms in total. The number of nitrogens with zero attached hydrogens (tertiary/aromatic N) is 3. The Hall–Kier alpha value is -3.20. The fourth-order valence-corrected chi connectivity index (χ4v) is 4.85. The molecule has 0 saturated carbocycles. The van der Waals surface area contributed by atoms with Gasteiger partial charge in [-0.2, -0.15) is 30.9 Å². The first-order valence-corrected chi connectivity index (χ1v) is 12.3. The molecule has 0 amide bonds. The summed E-state index contributed by atoms with van der Waals surface area (Å²) in [6.45, 7) is 6.04. The van der Waals surface area contributed by atoms with Crippen LogP contribution in [0.25, 0.3) is 22.4 Å². The number of para-hydroxylation sites is 1. The number of hydrogen-bond donors (Lipinski definition) is 0. The van der Waals surface area contributed by atoms with Gasteiger partial charge in [0, 0.05) is 31.1 Å². The minimum absolute atomic E-state index is 0. The van der Waals surface area contributed by atoms with Crippen LogP contribution < -0.4 is 4.90 Å². The number of allylic oxidation sites excluding steroid dienone is 1. The normalized spacial score (nSPS) is 19.3. The van der Waals surface area contributed by atoms with Crippen molar-refractivity contribution in [2.75, 3.05) is 11.9 Å². The summed E-state index contributed by atoms with van der Waals surface area (Å²) in [4.78, 5) is 7.70. The zero-order chi connectivity index (χ0) is 31.2. The van der Waals surface area contributed by atoms with Crippen LogP contribution in [0.3, 0.4) is 0 Å². The molecule has 0 N–H and O–H groups in total. The number of rotatable bonds is 2. The number of pyridine rings is 1. The molecule has 0 aliphatic carbocycles. The van der Waals surface area contributed by atoms with E-state index in [1.165, 1.54) is 10.5 Å². The van der Waals surface area contributed by atoms with E-state index in [0.29, 0.717) is 16.8 Å². The molecule has 0 fully saturated rings. The first kappa shape index (κ1) is 20.7. The smallest absolute Gasteiger partial charge is 0.510 e. The summed E-state index contributed by atoms with van der Waals surface area (Å²) in [5.74, 6) is 0. The minimum Gasteiger partial charge on any atom is -0.510 e. The van der Waals surface area contributed by atoms with E-state index >= 15 is 0 Å². The molecule has 0 spiro atoms. The summed E-state index contributed by atoms with van der Waals surface area (Å²) in [6.07, 6.45) is 3.38. The van der Waals surface area contributed by atoms with E-state index in [1.807, 2.05) is 65.6 Å². The van der Waals surface area contributed by atoms with Gasteiger partial charge in [0.25, 0.3) is 0 Å². The van der Waals surface area contributed by atoms with Gasteiger partial charge in [-0.1, -0.05) is 64.1 Å². The second-order valence-electron chi connectivity index (χ2n) is 10.3. The van der Waals surface area contributed by atoms with E-state index in [0.717, 1.165) is 22.5 Å². The molecule has 0 radical (unpaired) electrons. The molecule has 3 aromatic carbocycles. The SMILES string of the molecule is [2H]C([2H])([2H])N1C=C2N([CH-]1)c1[c-]cccc1C(C)(C)C2(C)C.[2H]C([2H])([2H])c1cc(-c2[c-]cccc2)ncc1-c1ccccc1.[Ir+3]. The Morgan fingerprint density at radius 3 is 2.37 bits per heavy atom. The van der Waals surface area contributed by atoms with Crippen molar-refractivity contribution in [1.29, 1.82) is 0 Å². The molecule has 0 unspecified atom stereocenters. The van der Waals surface area contributed by atoms with Crippen molar-refractivity contribution in [3.8, 4) is 22.4 Å². The molecule has 0 bridgehead atoms. The molecular weight excluding hydrogens is 643 g/mol. The summed E-state index contributed by atoms with van der Waals surface area (Å²) >= 11 is 0. The number of fused-ring (bicyclic) bond motifs is 3. The topological polar surface area (TPSA) is 19.4 Å². The minimum atomic E-state index is -2.20. The maximum atomic E-state index is 7.82. The monoisotopic (exact) mass is 683 g/mol. The Labute approximate surface area is 250 Å². The largest absolute Gasteiger partial charge is 3.00 e. The van der Waals surface area contributed by atoms with Gasteiger partial charge in [0.2, 0.25) is 0 Å². The number of benzene rings is 3. The molecule has 6 rings (SSSR count). The van der Waals surface area contributed by atoms with Gasteiger partial charge in [-0.05, 0) is 42.3 Å². The molecule has 0 atom stereocenters. The van der Waals surface area contributed by atoms with E-state index in [-0.39, 0.29) is 30.9 Å². The molecule has 4 heteroatoms. The molecule has 0 saturated heterocycles. The van der Waals surface area contributed by atoms with Crippen LogP contribution in [0.1, 0.15) is 47.0 Å². The Balaban J connectivity index is 0.000000197. The van der Waals surface area contributed by atoms with Crippen LogP contribution in [-0.2, 0) is 25.5 Å². The summed E-state index contributed by atoms with van der Waals surface area (Å²) < 4.78 is 46.4. The van der Waals surface area contributed by atoms with Crippen LogP contribution in [0.4, 0.5) is 5.69 Å². The standard InChI is InChI=1S/C18H14N.C16H20N2.Ir/c1-14-12-18(16-10-6-3-7-11-16)19-13-17(14)15-8-4-2-5-9-15;1-15(2)12-8-6-7-9-13(12)18-11-17(5)10-14(18)16(15,3)4;/h2-10,12-13H,1H3;6-8,10-11H,1-5H3;/q-1;-2;+3/i1D3;5D3;. The van der Waals surface area contributed by atoms with Crippen molar-refractivity contribution in [3.63, 3.8) is 0 Å². The first-order chi connectivity index (χ1) is 20.1. The molecule has 2 aliphatic rings. The molecule has 3 heterocycles. The van der Waals surface area contributed by atoms with Crippen molar-refractivity contribution in [1.82, 2.24) is 9.88 Å². The van der Waals surface area contributed by atoms with Gasteiger partial charge < -0.3 is 14.8 Å². The van der Waals surface area contributed by atoms with E-state index in [2.05, 4.69) is 50.9 Å². The number of aromatic nitrogens is 1. The van der Waals surface area contributed by atoms with Gasteiger partial charge >= 0.3 is 20.1 Å². The summed E-state index contributed by atoms with van der Waals surface area (Å²) in [6, 6.07) is 30.8. The average Bonchev–Trinajstić information content (AvgIpc) is 3.45. The van der Waals surface area contributed by atoms with Gasteiger partial charge in [0.05, 0.1) is 0 Å². The van der Waals surface area contributed by atoms with Crippen molar-refractivity contribution < 1.29 is 28.3 Å². The quantitative estimate of drug-likeness (QED) is 0.200. The fourth-order valence-electron chi connectivity index (χ4n) is 4.85. The Morgan fingerprint density at radius 1 is 0.895 bits per heavy atom. The van der Waals surface area contributed by atoms with Crippen LogP contribution >= 0.6 is 0 Å². The summed E-state index contributed by atoms with van der Waals surface area (Å²) in [5.41, 5.74) is 6.03. The van der Waals surface area contributed by atoms with Gasteiger partial charge in [0.15, 0.2) is 0 Å².